The third-order valence-corrected chi connectivity index (χ3v) is 4.13. The first-order valence-electron chi connectivity index (χ1n) is 10.1. The van der Waals surface area contributed by atoms with E-state index >= 15 is 0 Å². The molecule has 0 aliphatic rings. The van der Waals surface area contributed by atoms with E-state index in [0.29, 0.717) is 5.56 Å². The van der Waals surface area contributed by atoms with Crippen molar-refractivity contribution in [3.05, 3.63) is 29.8 Å². The maximum Gasteiger partial charge on any atom is 0.408 e. The highest BCUT2D eigenvalue weighted by Crippen LogP contribution is 2.25. The van der Waals surface area contributed by atoms with E-state index in [2.05, 4.69) is 16.7 Å². The largest absolute Gasteiger partial charge is 0.508 e. The van der Waals surface area contributed by atoms with Crippen LogP contribution in [0.15, 0.2) is 24.3 Å². The third-order valence-electron chi connectivity index (χ3n) is 4.13. The Hall–Kier alpha value is -3.21. The molecule has 3 N–H and O–H groups in total. The summed E-state index contributed by atoms with van der Waals surface area (Å²) >= 11 is 0. The Morgan fingerprint density at radius 2 is 1.61 bits per heavy atom. The second-order valence-electron chi connectivity index (χ2n) is 8.86. The lowest BCUT2D eigenvalue weighted by Gasteiger charge is -2.32. The van der Waals surface area contributed by atoms with Gasteiger partial charge in [0, 0.05) is 12.1 Å². The van der Waals surface area contributed by atoms with Crippen LogP contribution < -0.4 is 10.6 Å². The Morgan fingerprint density at radius 1 is 1.06 bits per heavy atom. The van der Waals surface area contributed by atoms with Gasteiger partial charge in [-0.1, -0.05) is 32.4 Å². The summed E-state index contributed by atoms with van der Waals surface area (Å²) in [4.78, 5) is 39.6. The van der Waals surface area contributed by atoms with Crippen LogP contribution in [-0.2, 0) is 14.3 Å². The first kappa shape index (κ1) is 25.8. The Balaban J connectivity index is 3.31. The summed E-state index contributed by atoms with van der Waals surface area (Å²) in [5.41, 5.74) is -0.325. The van der Waals surface area contributed by atoms with E-state index < -0.39 is 35.6 Å². The van der Waals surface area contributed by atoms with Crippen LogP contribution in [-0.4, -0.2) is 45.6 Å². The number of nitrogens with zero attached hydrogens (tertiary/aromatic N) is 1. The molecule has 0 heterocycles. The standard InChI is InChI=1S/C23H33N3O5/c1-9-26(21(29)18(14(2)3)25-22(30)31-23(6,7)8)19(20(28)24-15(4)5)16-10-12-17(27)13-11-16/h1,10-15,18-19,27H,2-8H3,(H,24,28)(H,25,30). The van der Waals surface area contributed by atoms with E-state index in [1.54, 1.807) is 48.5 Å². The molecule has 0 fully saturated rings. The number of amides is 3. The molecule has 0 saturated heterocycles. The number of terminal acetylenes is 1. The summed E-state index contributed by atoms with van der Waals surface area (Å²) in [5.74, 6) is -1.42. The van der Waals surface area contributed by atoms with Crippen molar-refractivity contribution in [2.45, 2.75) is 72.2 Å². The number of phenolic OH excluding ortho intramolecular Hbond substituents is 1. The topological polar surface area (TPSA) is 108 Å². The van der Waals surface area contributed by atoms with Crippen molar-refractivity contribution < 1.29 is 24.2 Å². The monoisotopic (exact) mass is 431 g/mol. The average molecular weight is 432 g/mol. The van der Waals surface area contributed by atoms with E-state index in [1.165, 1.54) is 24.3 Å². The molecule has 0 aliphatic heterocycles. The SMILES string of the molecule is C#CN(C(=O)C(NC(=O)OC(C)(C)C)C(C)C)C(C(=O)NC(C)C)c1ccc(O)cc1. The summed E-state index contributed by atoms with van der Waals surface area (Å²) in [6.07, 6.45) is 4.90. The fourth-order valence-electron chi connectivity index (χ4n) is 2.80. The number of nitrogens with one attached hydrogen (secondary N) is 2. The Bertz CT molecular complexity index is 819. The van der Waals surface area contributed by atoms with Crippen LogP contribution in [0.1, 0.15) is 60.1 Å². The van der Waals surface area contributed by atoms with Crippen molar-refractivity contribution in [2.24, 2.45) is 5.92 Å². The fraction of sp³-hybridized carbons (Fsp3) is 0.522. The van der Waals surface area contributed by atoms with E-state index in [4.69, 9.17) is 11.2 Å². The molecule has 1 aromatic carbocycles. The number of aromatic hydroxyl groups is 1. The highest BCUT2D eigenvalue weighted by Gasteiger charge is 2.37. The predicted molar refractivity (Wildman–Crippen MR) is 118 cm³/mol. The number of carbonyl (C=O) groups excluding carboxylic acids is 3. The van der Waals surface area contributed by atoms with Crippen molar-refractivity contribution in [3.63, 3.8) is 0 Å². The lowest BCUT2D eigenvalue weighted by molar-refractivity contribution is -0.139. The molecule has 31 heavy (non-hydrogen) atoms. The molecule has 0 aromatic heterocycles. The van der Waals surface area contributed by atoms with Gasteiger partial charge in [-0.15, -0.1) is 0 Å². The molecule has 1 aromatic rings. The zero-order valence-electron chi connectivity index (χ0n) is 19.2. The quantitative estimate of drug-likeness (QED) is 0.454. The molecule has 0 radical (unpaired) electrons. The summed E-state index contributed by atoms with van der Waals surface area (Å²) in [6, 6.07) is 5.78. The number of phenols is 1. The van der Waals surface area contributed by atoms with Gasteiger partial charge in [0.1, 0.15) is 23.4 Å². The van der Waals surface area contributed by atoms with Crippen LogP contribution in [0, 0.1) is 18.4 Å². The number of alkyl carbamates (subject to hydrolysis) is 1. The number of ether oxygens (including phenoxy) is 1. The lowest BCUT2D eigenvalue weighted by Crippen LogP contribution is -2.53. The number of benzene rings is 1. The molecule has 0 aliphatic carbocycles. The van der Waals surface area contributed by atoms with Gasteiger partial charge in [0.05, 0.1) is 0 Å². The smallest absolute Gasteiger partial charge is 0.408 e. The van der Waals surface area contributed by atoms with Crippen molar-refractivity contribution in [3.8, 4) is 18.2 Å². The van der Waals surface area contributed by atoms with Gasteiger partial charge in [-0.05, 0) is 58.2 Å². The molecule has 1 rings (SSSR count). The summed E-state index contributed by atoms with van der Waals surface area (Å²) < 4.78 is 5.26. The van der Waals surface area contributed by atoms with Gasteiger partial charge in [0.2, 0.25) is 5.91 Å². The highest BCUT2D eigenvalue weighted by atomic mass is 16.6. The first-order chi connectivity index (χ1) is 14.3. The second-order valence-corrected chi connectivity index (χ2v) is 8.86. The van der Waals surface area contributed by atoms with Gasteiger partial charge in [-0.3, -0.25) is 14.5 Å². The van der Waals surface area contributed by atoms with Crippen LogP contribution in [0.4, 0.5) is 4.79 Å². The van der Waals surface area contributed by atoms with Crippen LogP contribution in [0.3, 0.4) is 0 Å². The van der Waals surface area contributed by atoms with Crippen molar-refractivity contribution >= 4 is 17.9 Å². The van der Waals surface area contributed by atoms with Gasteiger partial charge in [-0.25, -0.2) is 4.79 Å². The highest BCUT2D eigenvalue weighted by molar-refractivity contribution is 5.93. The predicted octanol–water partition coefficient (Wildman–Crippen LogP) is 2.93. The van der Waals surface area contributed by atoms with Crippen molar-refractivity contribution in [2.75, 3.05) is 0 Å². The molecule has 3 amide bonds. The minimum absolute atomic E-state index is 0.0111. The average Bonchev–Trinajstić information content (AvgIpc) is 2.62. The van der Waals surface area contributed by atoms with E-state index in [0.717, 1.165) is 4.90 Å². The summed E-state index contributed by atoms with van der Waals surface area (Å²) in [5, 5.41) is 14.9. The number of hydrogen-bond acceptors (Lipinski definition) is 5. The van der Waals surface area contributed by atoms with Crippen molar-refractivity contribution in [1.82, 2.24) is 15.5 Å². The number of hydrogen-bond donors (Lipinski definition) is 3. The third kappa shape index (κ3) is 7.85. The van der Waals surface area contributed by atoms with Gasteiger partial charge in [-0.2, -0.15) is 0 Å². The summed E-state index contributed by atoms with van der Waals surface area (Å²) in [7, 11) is 0. The molecule has 2 unspecified atom stereocenters. The molecule has 0 spiro atoms. The molecule has 2 atom stereocenters. The van der Waals surface area contributed by atoms with E-state index in [9.17, 15) is 19.5 Å². The first-order valence-corrected chi connectivity index (χ1v) is 10.1. The summed E-state index contributed by atoms with van der Waals surface area (Å²) in [6.45, 7) is 12.2. The van der Waals surface area contributed by atoms with Crippen LogP contribution in [0.2, 0.25) is 0 Å². The molecule has 0 bridgehead atoms. The number of carbonyl (C=O) groups is 3. The lowest BCUT2D eigenvalue weighted by atomic mass is 9.99. The molecular formula is C23H33N3O5. The van der Waals surface area contributed by atoms with Crippen LogP contribution >= 0.6 is 0 Å². The maximum atomic E-state index is 13.4. The second kappa shape index (κ2) is 10.7. The molecule has 0 saturated carbocycles. The normalized spacial score (nSPS) is 13.2. The van der Waals surface area contributed by atoms with Gasteiger partial charge < -0.3 is 20.5 Å². The van der Waals surface area contributed by atoms with Gasteiger partial charge >= 0.3 is 6.09 Å². The Morgan fingerprint density at radius 3 is 2.03 bits per heavy atom. The molecule has 8 heteroatoms. The zero-order chi connectivity index (χ0) is 23.9. The number of rotatable bonds is 7. The molecular weight excluding hydrogens is 398 g/mol. The van der Waals surface area contributed by atoms with E-state index in [1.807, 2.05) is 0 Å². The van der Waals surface area contributed by atoms with E-state index in [-0.39, 0.29) is 17.7 Å². The van der Waals surface area contributed by atoms with Gasteiger partial charge in [0.25, 0.3) is 5.91 Å². The van der Waals surface area contributed by atoms with Crippen LogP contribution in [0.5, 0.6) is 5.75 Å². The maximum absolute atomic E-state index is 13.4. The van der Waals surface area contributed by atoms with Gasteiger partial charge in [0.15, 0.2) is 0 Å². The molecule has 8 nitrogen and oxygen atoms in total. The van der Waals surface area contributed by atoms with Crippen LogP contribution in [0.25, 0.3) is 0 Å². The Labute approximate surface area is 184 Å². The van der Waals surface area contributed by atoms with Crippen molar-refractivity contribution in [1.29, 1.82) is 0 Å². The zero-order valence-corrected chi connectivity index (χ0v) is 19.2. The molecule has 170 valence electrons. The fourth-order valence-corrected chi connectivity index (χ4v) is 2.80. The minimum Gasteiger partial charge on any atom is -0.508 e. The minimum atomic E-state index is -1.15. The Kier molecular flexibility index (Phi) is 8.92.